The molecule has 0 radical (unpaired) electrons. The molecule has 2 rings (SSSR count). The second kappa shape index (κ2) is 4.57. The largest absolute Gasteiger partial charge is 0.433 e. The van der Waals surface area contributed by atoms with Gasteiger partial charge in [-0.25, -0.2) is 0 Å². The van der Waals surface area contributed by atoms with Crippen LogP contribution in [0.4, 0.5) is 5.88 Å². The van der Waals surface area contributed by atoms with Gasteiger partial charge in [0.25, 0.3) is 0 Å². The zero-order valence-corrected chi connectivity index (χ0v) is 9.29. The molecule has 0 saturated heterocycles. The highest BCUT2D eigenvalue weighted by atomic mass is 35.5. The topological polar surface area (TPSA) is 76.5 Å². The number of aliphatic hydroxyl groups is 1. The van der Waals surface area contributed by atoms with E-state index in [0.29, 0.717) is 10.6 Å². The maximum absolute atomic E-state index is 10.4. The van der Waals surface area contributed by atoms with Gasteiger partial charge in [-0.2, -0.15) is 0 Å². The van der Waals surface area contributed by atoms with E-state index in [1.165, 1.54) is 12.1 Å². The lowest BCUT2D eigenvalue weighted by Crippen LogP contribution is -1.97. The number of furan rings is 1. The summed E-state index contributed by atoms with van der Waals surface area (Å²) in [4.78, 5) is 9.78. The van der Waals surface area contributed by atoms with Crippen molar-refractivity contribution < 1.29 is 14.4 Å². The first-order valence-electron chi connectivity index (χ1n) is 4.75. The van der Waals surface area contributed by atoms with Crippen molar-refractivity contribution in [2.45, 2.75) is 6.10 Å². The van der Waals surface area contributed by atoms with Gasteiger partial charge in [0.05, 0.1) is 6.07 Å². The lowest BCUT2D eigenvalue weighted by molar-refractivity contribution is -0.402. The minimum absolute atomic E-state index is 0.124. The molecule has 6 heteroatoms. The third-order valence-electron chi connectivity index (χ3n) is 2.25. The number of hydrogen-bond acceptors (Lipinski definition) is 4. The predicted octanol–water partition coefficient (Wildman–Crippen LogP) is 2.92. The zero-order valence-electron chi connectivity index (χ0n) is 8.54. The molecule has 17 heavy (non-hydrogen) atoms. The Balaban J connectivity index is 2.27. The molecule has 2 aromatic rings. The van der Waals surface area contributed by atoms with Gasteiger partial charge in [-0.15, -0.1) is 0 Å². The fourth-order valence-electron chi connectivity index (χ4n) is 1.40. The summed E-state index contributed by atoms with van der Waals surface area (Å²) in [5, 5.41) is 20.9. The summed E-state index contributed by atoms with van der Waals surface area (Å²) in [6.45, 7) is 0. The highest BCUT2D eigenvalue weighted by Gasteiger charge is 2.19. The predicted molar refractivity (Wildman–Crippen MR) is 60.9 cm³/mol. The molecule has 5 nitrogen and oxygen atoms in total. The van der Waals surface area contributed by atoms with Crippen molar-refractivity contribution in [2.24, 2.45) is 0 Å². The molecule has 0 spiro atoms. The van der Waals surface area contributed by atoms with Crippen LogP contribution in [0.15, 0.2) is 40.8 Å². The molecule has 88 valence electrons. The van der Waals surface area contributed by atoms with Crippen molar-refractivity contribution in [3.05, 3.63) is 62.9 Å². The van der Waals surface area contributed by atoms with E-state index in [1.807, 2.05) is 0 Å². The summed E-state index contributed by atoms with van der Waals surface area (Å²) >= 11 is 5.71. The Bertz CT molecular complexity index is 535. The molecular weight excluding hydrogens is 246 g/mol. The van der Waals surface area contributed by atoms with Crippen molar-refractivity contribution in [1.29, 1.82) is 0 Å². The van der Waals surface area contributed by atoms with E-state index in [0.717, 1.165) is 0 Å². The Morgan fingerprint density at radius 3 is 2.41 bits per heavy atom. The molecule has 0 amide bonds. The normalized spacial score (nSPS) is 12.4. The van der Waals surface area contributed by atoms with Crippen LogP contribution in [0.1, 0.15) is 17.4 Å². The van der Waals surface area contributed by atoms with Crippen molar-refractivity contribution in [3.63, 3.8) is 0 Å². The molecule has 0 saturated carbocycles. The smallest absolute Gasteiger partial charge is 0.403 e. The first-order valence-corrected chi connectivity index (χ1v) is 5.13. The van der Waals surface area contributed by atoms with Gasteiger partial charge in [-0.1, -0.05) is 23.7 Å². The quantitative estimate of drug-likeness (QED) is 0.674. The van der Waals surface area contributed by atoms with E-state index in [2.05, 4.69) is 0 Å². The molecule has 0 aliphatic carbocycles. The van der Waals surface area contributed by atoms with Crippen LogP contribution in [-0.2, 0) is 0 Å². The molecular formula is C11H8ClNO4. The molecule has 0 fully saturated rings. The molecule has 1 N–H and O–H groups in total. The van der Waals surface area contributed by atoms with Gasteiger partial charge in [0.1, 0.15) is 16.8 Å². The monoisotopic (exact) mass is 253 g/mol. The Morgan fingerprint density at radius 2 is 1.88 bits per heavy atom. The van der Waals surface area contributed by atoms with Crippen LogP contribution in [0.3, 0.4) is 0 Å². The van der Waals surface area contributed by atoms with Gasteiger partial charge < -0.3 is 9.52 Å². The third kappa shape index (κ3) is 2.46. The molecule has 1 heterocycles. The fourth-order valence-corrected chi connectivity index (χ4v) is 1.52. The molecule has 1 aromatic carbocycles. The maximum atomic E-state index is 10.4. The van der Waals surface area contributed by atoms with E-state index >= 15 is 0 Å². The number of aliphatic hydroxyl groups excluding tert-OH is 1. The summed E-state index contributed by atoms with van der Waals surface area (Å²) in [5.74, 6) is -0.271. The van der Waals surface area contributed by atoms with Crippen molar-refractivity contribution in [2.75, 3.05) is 0 Å². The zero-order chi connectivity index (χ0) is 12.4. The molecule has 1 unspecified atom stereocenters. The minimum Gasteiger partial charge on any atom is -0.403 e. The Hall–Kier alpha value is -1.85. The van der Waals surface area contributed by atoms with Crippen LogP contribution in [0.25, 0.3) is 0 Å². The number of halogens is 1. The maximum Gasteiger partial charge on any atom is 0.433 e. The van der Waals surface area contributed by atoms with Gasteiger partial charge in [0.15, 0.2) is 0 Å². The van der Waals surface area contributed by atoms with Crippen LogP contribution < -0.4 is 0 Å². The highest BCUT2D eigenvalue weighted by Crippen LogP contribution is 2.27. The summed E-state index contributed by atoms with van der Waals surface area (Å²) < 4.78 is 4.91. The lowest BCUT2D eigenvalue weighted by Gasteiger charge is -2.07. The van der Waals surface area contributed by atoms with Crippen LogP contribution >= 0.6 is 11.6 Å². The first kappa shape index (κ1) is 11.6. The van der Waals surface area contributed by atoms with Gasteiger partial charge in [-0.3, -0.25) is 10.1 Å². The molecule has 1 aromatic heterocycles. The second-order valence-electron chi connectivity index (χ2n) is 3.39. The van der Waals surface area contributed by atoms with E-state index in [1.54, 1.807) is 24.3 Å². The number of nitro groups is 1. The Morgan fingerprint density at radius 1 is 1.24 bits per heavy atom. The van der Waals surface area contributed by atoms with Crippen LogP contribution in [0, 0.1) is 10.1 Å². The molecule has 0 bridgehead atoms. The summed E-state index contributed by atoms with van der Waals surface area (Å²) in [6, 6.07) is 9.07. The van der Waals surface area contributed by atoms with Gasteiger partial charge in [0.2, 0.25) is 0 Å². The highest BCUT2D eigenvalue weighted by molar-refractivity contribution is 6.30. The Kier molecular flexibility index (Phi) is 3.12. The van der Waals surface area contributed by atoms with E-state index in [-0.39, 0.29) is 5.76 Å². The van der Waals surface area contributed by atoms with E-state index < -0.39 is 16.9 Å². The summed E-state index contributed by atoms with van der Waals surface area (Å²) in [5.41, 5.74) is 0.554. The average molecular weight is 254 g/mol. The van der Waals surface area contributed by atoms with Gasteiger partial charge in [0, 0.05) is 5.02 Å². The fraction of sp³-hybridized carbons (Fsp3) is 0.0909. The van der Waals surface area contributed by atoms with E-state index in [4.69, 9.17) is 16.0 Å². The van der Waals surface area contributed by atoms with Crippen molar-refractivity contribution in [3.8, 4) is 0 Å². The molecule has 1 atom stereocenters. The summed E-state index contributed by atoms with van der Waals surface area (Å²) in [7, 11) is 0. The van der Waals surface area contributed by atoms with E-state index in [9.17, 15) is 15.2 Å². The number of hydrogen-bond donors (Lipinski definition) is 1. The summed E-state index contributed by atoms with van der Waals surface area (Å²) in [6.07, 6.45) is -1.04. The molecule has 0 aliphatic heterocycles. The number of benzene rings is 1. The van der Waals surface area contributed by atoms with Crippen LogP contribution in [0.2, 0.25) is 5.02 Å². The first-order chi connectivity index (χ1) is 8.08. The standard InChI is InChI=1S/C11H8ClNO4/c12-8-3-1-7(2-4-8)11(14)9-5-6-10(17-9)13(15)16/h1-6,11,14H. The number of rotatable bonds is 3. The SMILES string of the molecule is O=[N+]([O-])c1ccc(C(O)c2ccc(Cl)cc2)o1. The number of nitrogens with zero attached hydrogens (tertiary/aromatic N) is 1. The second-order valence-corrected chi connectivity index (χ2v) is 3.82. The van der Waals surface area contributed by atoms with Crippen molar-refractivity contribution in [1.82, 2.24) is 0 Å². The van der Waals surface area contributed by atoms with Gasteiger partial charge in [-0.05, 0) is 23.8 Å². The average Bonchev–Trinajstić information content (AvgIpc) is 2.78. The third-order valence-corrected chi connectivity index (χ3v) is 2.50. The molecule has 0 aliphatic rings. The lowest BCUT2D eigenvalue weighted by atomic mass is 10.1. The minimum atomic E-state index is -1.04. The van der Waals surface area contributed by atoms with Crippen molar-refractivity contribution >= 4 is 17.5 Å². The van der Waals surface area contributed by atoms with Crippen LogP contribution in [0.5, 0.6) is 0 Å². The van der Waals surface area contributed by atoms with Gasteiger partial charge >= 0.3 is 5.88 Å². The Labute approximate surface area is 101 Å². The van der Waals surface area contributed by atoms with Crippen LogP contribution in [-0.4, -0.2) is 10.0 Å².